The van der Waals surface area contributed by atoms with Crippen LogP contribution < -0.4 is 0 Å². The second-order valence-corrected chi connectivity index (χ2v) is 3.86. The summed E-state index contributed by atoms with van der Waals surface area (Å²) in [5.74, 6) is -1.11. The van der Waals surface area contributed by atoms with E-state index < -0.39 is 11.4 Å². The molecular formula is C12H13NO2. The van der Waals surface area contributed by atoms with Crippen molar-refractivity contribution < 1.29 is 9.90 Å². The minimum atomic E-state index is -1.46. The highest BCUT2D eigenvalue weighted by Crippen LogP contribution is 2.27. The highest BCUT2D eigenvalue weighted by Gasteiger charge is 2.36. The van der Waals surface area contributed by atoms with Crippen LogP contribution in [0.1, 0.15) is 23.6 Å². The number of hydrogen-bond acceptors (Lipinski definition) is 2. The Morgan fingerprint density at radius 1 is 1.47 bits per heavy atom. The lowest BCUT2D eigenvalue weighted by Crippen LogP contribution is -2.31. The zero-order valence-corrected chi connectivity index (χ0v) is 9.03. The molecule has 1 aromatic rings. The van der Waals surface area contributed by atoms with E-state index in [0.29, 0.717) is 5.56 Å². The van der Waals surface area contributed by atoms with Crippen molar-refractivity contribution in [2.24, 2.45) is 0 Å². The predicted octanol–water partition coefficient (Wildman–Crippen LogP) is 2.17. The molecule has 0 radical (unpaired) electrons. The summed E-state index contributed by atoms with van der Waals surface area (Å²) in [6.07, 6.45) is 0. The molecule has 0 amide bonds. The van der Waals surface area contributed by atoms with E-state index in [1.165, 1.54) is 6.92 Å². The Labute approximate surface area is 89.0 Å². The first kappa shape index (κ1) is 11.3. The van der Waals surface area contributed by atoms with Crippen molar-refractivity contribution in [2.75, 3.05) is 0 Å². The molecule has 0 aliphatic carbocycles. The van der Waals surface area contributed by atoms with Gasteiger partial charge in [-0.1, -0.05) is 23.8 Å². The normalized spacial score (nSPS) is 14.0. The van der Waals surface area contributed by atoms with Crippen LogP contribution in [0.15, 0.2) is 18.2 Å². The molecule has 0 aromatic heterocycles. The van der Waals surface area contributed by atoms with E-state index in [1.807, 2.05) is 32.0 Å². The van der Waals surface area contributed by atoms with Gasteiger partial charge in [-0.25, -0.2) is 0 Å². The minimum absolute atomic E-state index is 0.558. The van der Waals surface area contributed by atoms with Crippen LogP contribution in [0.25, 0.3) is 0 Å². The van der Waals surface area contributed by atoms with E-state index in [2.05, 4.69) is 0 Å². The summed E-state index contributed by atoms with van der Waals surface area (Å²) in [6, 6.07) is 7.27. The van der Waals surface area contributed by atoms with Crippen molar-refractivity contribution in [2.45, 2.75) is 26.2 Å². The lowest BCUT2D eigenvalue weighted by Gasteiger charge is -2.19. The Bertz CT molecular complexity index is 445. The Morgan fingerprint density at radius 3 is 2.47 bits per heavy atom. The molecule has 15 heavy (non-hydrogen) atoms. The van der Waals surface area contributed by atoms with Crippen molar-refractivity contribution in [3.8, 4) is 6.07 Å². The molecule has 1 rings (SSSR count). The Morgan fingerprint density at radius 2 is 2.07 bits per heavy atom. The zero-order valence-electron chi connectivity index (χ0n) is 9.03. The summed E-state index contributed by atoms with van der Waals surface area (Å²) >= 11 is 0. The third-order valence-electron chi connectivity index (χ3n) is 2.57. The number of hydrogen-bond donors (Lipinski definition) is 1. The van der Waals surface area contributed by atoms with E-state index in [-0.39, 0.29) is 0 Å². The molecule has 1 N–H and O–H groups in total. The lowest BCUT2D eigenvalue weighted by atomic mass is 9.81. The first-order chi connectivity index (χ1) is 6.91. The van der Waals surface area contributed by atoms with E-state index in [1.54, 1.807) is 6.07 Å². The van der Waals surface area contributed by atoms with Crippen molar-refractivity contribution in [3.05, 3.63) is 34.9 Å². The van der Waals surface area contributed by atoms with Gasteiger partial charge in [0.1, 0.15) is 0 Å². The number of nitrogens with zero attached hydrogens (tertiary/aromatic N) is 1. The van der Waals surface area contributed by atoms with Gasteiger partial charge in [-0.05, 0) is 31.9 Å². The van der Waals surface area contributed by atoms with Crippen LogP contribution >= 0.6 is 0 Å². The quantitative estimate of drug-likeness (QED) is 0.801. The van der Waals surface area contributed by atoms with Gasteiger partial charge in [0, 0.05) is 0 Å². The molecule has 78 valence electrons. The fourth-order valence-corrected chi connectivity index (χ4v) is 1.60. The number of rotatable bonds is 2. The number of aryl methyl sites for hydroxylation is 2. The van der Waals surface area contributed by atoms with E-state index >= 15 is 0 Å². The second-order valence-electron chi connectivity index (χ2n) is 3.86. The summed E-state index contributed by atoms with van der Waals surface area (Å²) in [4.78, 5) is 11.1. The number of aliphatic carboxylic acids is 1. The Hall–Kier alpha value is -1.82. The SMILES string of the molecule is Cc1ccc(C(C)(C#N)C(=O)O)c(C)c1. The number of benzene rings is 1. The summed E-state index contributed by atoms with van der Waals surface area (Å²) in [6.45, 7) is 5.18. The Balaban J connectivity index is 3.39. The van der Waals surface area contributed by atoms with Gasteiger partial charge in [0.25, 0.3) is 0 Å². The van der Waals surface area contributed by atoms with Gasteiger partial charge in [-0.2, -0.15) is 5.26 Å². The Kier molecular flexibility index (Phi) is 2.81. The zero-order chi connectivity index (χ0) is 11.6. The van der Waals surface area contributed by atoms with Gasteiger partial charge >= 0.3 is 5.97 Å². The molecule has 0 aliphatic rings. The van der Waals surface area contributed by atoms with Crippen molar-refractivity contribution >= 4 is 5.97 Å². The number of nitriles is 1. The van der Waals surface area contributed by atoms with Crippen LogP contribution in [0.5, 0.6) is 0 Å². The number of carboxylic acid groups (broad SMARTS) is 1. The third kappa shape index (κ3) is 1.84. The molecule has 0 spiro atoms. The maximum Gasteiger partial charge on any atom is 0.328 e. The van der Waals surface area contributed by atoms with Gasteiger partial charge in [0.05, 0.1) is 6.07 Å². The average Bonchev–Trinajstić information content (AvgIpc) is 2.16. The molecule has 0 aliphatic heterocycles. The monoisotopic (exact) mass is 203 g/mol. The molecule has 0 saturated heterocycles. The average molecular weight is 203 g/mol. The fraction of sp³-hybridized carbons (Fsp3) is 0.333. The summed E-state index contributed by atoms with van der Waals surface area (Å²) < 4.78 is 0. The molecule has 0 bridgehead atoms. The summed E-state index contributed by atoms with van der Waals surface area (Å²) in [7, 11) is 0. The highest BCUT2D eigenvalue weighted by molar-refractivity contribution is 5.85. The molecule has 1 atom stereocenters. The molecular weight excluding hydrogens is 190 g/mol. The molecule has 3 nitrogen and oxygen atoms in total. The van der Waals surface area contributed by atoms with Gasteiger partial charge in [0.2, 0.25) is 0 Å². The predicted molar refractivity (Wildman–Crippen MR) is 56.5 cm³/mol. The first-order valence-corrected chi connectivity index (χ1v) is 4.64. The summed E-state index contributed by atoms with van der Waals surface area (Å²) in [5.41, 5.74) is 0.990. The molecule has 0 heterocycles. The fourth-order valence-electron chi connectivity index (χ4n) is 1.60. The standard InChI is InChI=1S/C12H13NO2/c1-8-4-5-10(9(2)6-8)12(3,7-13)11(14)15/h4-6H,1-3H3,(H,14,15). The van der Waals surface area contributed by atoms with Crippen LogP contribution in [0.4, 0.5) is 0 Å². The minimum Gasteiger partial charge on any atom is -0.480 e. The van der Waals surface area contributed by atoms with Crippen molar-refractivity contribution in [1.29, 1.82) is 5.26 Å². The van der Waals surface area contributed by atoms with E-state index in [4.69, 9.17) is 10.4 Å². The first-order valence-electron chi connectivity index (χ1n) is 4.64. The number of carboxylic acids is 1. The molecule has 0 fully saturated rings. The van der Waals surface area contributed by atoms with Crippen LogP contribution in [0.2, 0.25) is 0 Å². The topological polar surface area (TPSA) is 61.1 Å². The largest absolute Gasteiger partial charge is 0.480 e. The van der Waals surface area contributed by atoms with Gasteiger partial charge < -0.3 is 5.11 Å². The third-order valence-corrected chi connectivity index (χ3v) is 2.57. The molecule has 3 heteroatoms. The lowest BCUT2D eigenvalue weighted by molar-refractivity contribution is -0.141. The van der Waals surface area contributed by atoms with Gasteiger partial charge in [-0.3, -0.25) is 4.79 Å². The maximum absolute atomic E-state index is 11.1. The van der Waals surface area contributed by atoms with Crippen LogP contribution in [-0.4, -0.2) is 11.1 Å². The molecule has 1 unspecified atom stereocenters. The van der Waals surface area contributed by atoms with Gasteiger partial charge in [0.15, 0.2) is 5.41 Å². The highest BCUT2D eigenvalue weighted by atomic mass is 16.4. The van der Waals surface area contributed by atoms with Crippen LogP contribution in [-0.2, 0) is 10.2 Å². The molecule has 0 saturated carbocycles. The smallest absolute Gasteiger partial charge is 0.328 e. The number of carbonyl (C=O) groups is 1. The second kappa shape index (κ2) is 3.74. The maximum atomic E-state index is 11.1. The van der Waals surface area contributed by atoms with Crippen molar-refractivity contribution in [3.63, 3.8) is 0 Å². The van der Waals surface area contributed by atoms with Crippen molar-refractivity contribution in [1.82, 2.24) is 0 Å². The van der Waals surface area contributed by atoms with E-state index in [0.717, 1.165) is 11.1 Å². The molecule has 1 aromatic carbocycles. The summed E-state index contributed by atoms with van der Waals surface area (Å²) in [5, 5.41) is 18.0. The van der Waals surface area contributed by atoms with Crippen LogP contribution in [0.3, 0.4) is 0 Å². The van der Waals surface area contributed by atoms with Crippen LogP contribution in [0, 0.1) is 25.2 Å². The van der Waals surface area contributed by atoms with Gasteiger partial charge in [-0.15, -0.1) is 0 Å². The van der Waals surface area contributed by atoms with E-state index in [9.17, 15) is 4.79 Å².